The van der Waals surface area contributed by atoms with E-state index < -0.39 is 0 Å². The lowest BCUT2D eigenvalue weighted by Gasteiger charge is -2.19. The van der Waals surface area contributed by atoms with Crippen LogP contribution in [-0.4, -0.2) is 54.6 Å². The van der Waals surface area contributed by atoms with Crippen LogP contribution in [-0.2, 0) is 16.1 Å². The average molecular weight is 281 g/mol. The summed E-state index contributed by atoms with van der Waals surface area (Å²) in [5.74, 6) is 1.91. The first-order valence-corrected chi connectivity index (χ1v) is 6.70. The van der Waals surface area contributed by atoms with Gasteiger partial charge >= 0.3 is 0 Å². The molecule has 1 aromatic rings. The van der Waals surface area contributed by atoms with E-state index in [1.165, 1.54) is 0 Å². The summed E-state index contributed by atoms with van der Waals surface area (Å²) in [7, 11) is 3.37. The summed E-state index contributed by atoms with van der Waals surface area (Å²) in [5, 5.41) is 5.99. The van der Waals surface area contributed by atoms with Gasteiger partial charge in [0.05, 0.1) is 6.54 Å². The SMILES string of the molecule is CCN(CC)C(=O)CNc1cc(NC)nc(COC)n1. The minimum Gasteiger partial charge on any atom is -0.377 e. The van der Waals surface area contributed by atoms with Gasteiger partial charge in [0, 0.05) is 33.3 Å². The Morgan fingerprint density at radius 3 is 2.50 bits per heavy atom. The van der Waals surface area contributed by atoms with Crippen molar-refractivity contribution in [3.63, 3.8) is 0 Å². The van der Waals surface area contributed by atoms with Crippen LogP contribution in [0, 0.1) is 0 Å². The van der Waals surface area contributed by atoms with Crippen molar-refractivity contribution >= 4 is 17.5 Å². The molecule has 0 radical (unpaired) electrons. The van der Waals surface area contributed by atoms with Crippen LogP contribution in [0.25, 0.3) is 0 Å². The van der Waals surface area contributed by atoms with Crippen LogP contribution in [0.3, 0.4) is 0 Å². The molecule has 7 heteroatoms. The van der Waals surface area contributed by atoms with Crippen LogP contribution < -0.4 is 10.6 Å². The number of aromatic nitrogens is 2. The number of nitrogens with zero attached hydrogens (tertiary/aromatic N) is 3. The molecular weight excluding hydrogens is 258 g/mol. The summed E-state index contributed by atoms with van der Waals surface area (Å²) < 4.78 is 5.03. The molecule has 20 heavy (non-hydrogen) atoms. The van der Waals surface area contributed by atoms with Crippen molar-refractivity contribution in [3.8, 4) is 0 Å². The normalized spacial score (nSPS) is 10.2. The predicted octanol–water partition coefficient (Wildman–Crippen LogP) is 0.945. The largest absolute Gasteiger partial charge is 0.377 e. The van der Waals surface area contributed by atoms with Crippen LogP contribution >= 0.6 is 0 Å². The highest BCUT2D eigenvalue weighted by Crippen LogP contribution is 2.11. The Bertz CT molecular complexity index is 435. The van der Waals surface area contributed by atoms with Crippen molar-refractivity contribution in [1.29, 1.82) is 0 Å². The van der Waals surface area contributed by atoms with Gasteiger partial charge in [-0.25, -0.2) is 9.97 Å². The third kappa shape index (κ3) is 4.65. The summed E-state index contributed by atoms with van der Waals surface area (Å²) in [6, 6.07) is 1.76. The summed E-state index contributed by atoms with van der Waals surface area (Å²) in [6.45, 7) is 5.88. The molecule has 1 rings (SSSR count). The maximum Gasteiger partial charge on any atom is 0.241 e. The Morgan fingerprint density at radius 2 is 1.95 bits per heavy atom. The molecule has 0 aliphatic heterocycles. The zero-order valence-corrected chi connectivity index (χ0v) is 12.6. The van der Waals surface area contributed by atoms with Gasteiger partial charge in [0.15, 0.2) is 5.82 Å². The first kappa shape index (κ1) is 16.2. The minimum absolute atomic E-state index is 0.0490. The first-order valence-electron chi connectivity index (χ1n) is 6.70. The van der Waals surface area contributed by atoms with Gasteiger partial charge in [-0.05, 0) is 13.8 Å². The smallest absolute Gasteiger partial charge is 0.241 e. The predicted molar refractivity (Wildman–Crippen MR) is 78.7 cm³/mol. The first-order chi connectivity index (χ1) is 9.64. The molecule has 0 bridgehead atoms. The second kappa shape index (κ2) is 8.31. The Kier molecular flexibility index (Phi) is 6.72. The number of rotatable bonds is 8. The van der Waals surface area contributed by atoms with Crippen LogP contribution in [0.5, 0.6) is 0 Å². The van der Waals surface area contributed by atoms with Gasteiger partial charge < -0.3 is 20.3 Å². The van der Waals surface area contributed by atoms with E-state index in [-0.39, 0.29) is 12.5 Å². The number of carbonyl (C=O) groups excluding carboxylic acids is 1. The number of hydrogen-bond donors (Lipinski definition) is 2. The third-order valence-corrected chi connectivity index (χ3v) is 2.84. The third-order valence-electron chi connectivity index (χ3n) is 2.84. The highest BCUT2D eigenvalue weighted by Gasteiger charge is 2.10. The maximum absolute atomic E-state index is 11.9. The number of ether oxygens (including phenoxy) is 1. The van der Waals surface area contributed by atoms with Crippen LogP contribution in [0.2, 0.25) is 0 Å². The Labute approximate surface area is 119 Å². The lowest BCUT2D eigenvalue weighted by molar-refractivity contribution is -0.128. The van der Waals surface area contributed by atoms with Crippen molar-refractivity contribution < 1.29 is 9.53 Å². The molecule has 1 aromatic heterocycles. The van der Waals surface area contributed by atoms with E-state index in [4.69, 9.17) is 4.74 Å². The number of carbonyl (C=O) groups is 1. The zero-order chi connectivity index (χ0) is 15.0. The molecule has 0 aliphatic rings. The number of likely N-dealkylation sites (N-methyl/N-ethyl adjacent to an activating group) is 1. The highest BCUT2D eigenvalue weighted by atomic mass is 16.5. The molecular formula is C13H23N5O2. The van der Waals surface area contributed by atoms with Gasteiger partial charge in [-0.2, -0.15) is 0 Å². The summed E-state index contributed by atoms with van der Waals surface area (Å²) in [6.07, 6.45) is 0. The van der Waals surface area contributed by atoms with E-state index in [9.17, 15) is 4.79 Å². The second-order valence-corrected chi connectivity index (χ2v) is 4.16. The molecule has 0 atom stereocenters. The molecule has 0 aliphatic carbocycles. The Balaban J connectivity index is 2.71. The zero-order valence-electron chi connectivity index (χ0n) is 12.6. The van der Waals surface area contributed by atoms with Crippen LogP contribution in [0.1, 0.15) is 19.7 Å². The van der Waals surface area contributed by atoms with E-state index in [1.807, 2.05) is 13.8 Å². The van der Waals surface area contributed by atoms with Crippen molar-refractivity contribution in [1.82, 2.24) is 14.9 Å². The van der Waals surface area contributed by atoms with E-state index in [0.29, 0.717) is 37.2 Å². The molecule has 1 amide bonds. The van der Waals surface area contributed by atoms with E-state index >= 15 is 0 Å². The molecule has 112 valence electrons. The molecule has 7 nitrogen and oxygen atoms in total. The van der Waals surface area contributed by atoms with Crippen molar-refractivity contribution in [2.75, 3.05) is 44.4 Å². The van der Waals surface area contributed by atoms with Gasteiger partial charge in [-0.15, -0.1) is 0 Å². The van der Waals surface area contributed by atoms with Crippen LogP contribution in [0.15, 0.2) is 6.07 Å². The minimum atomic E-state index is 0.0490. The molecule has 0 spiro atoms. The average Bonchev–Trinajstić information content (AvgIpc) is 2.46. The molecule has 0 fully saturated rings. The topological polar surface area (TPSA) is 79.4 Å². The van der Waals surface area contributed by atoms with Gasteiger partial charge in [-0.1, -0.05) is 0 Å². The fraction of sp³-hybridized carbons (Fsp3) is 0.615. The number of amides is 1. The fourth-order valence-electron chi connectivity index (χ4n) is 1.76. The van der Waals surface area contributed by atoms with Crippen molar-refractivity contribution in [3.05, 3.63) is 11.9 Å². The number of nitrogens with one attached hydrogen (secondary N) is 2. The summed E-state index contributed by atoms with van der Waals surface area (Å²) in [5.41, 5.74) is 0. The Hall–Kier alpha value is -1.89. The summed E-state index contributed by atoms with van der Waals surface area (Å²) in [4.78, 5) is 22.2. The molecule has 2 N–H and O–H groups in total. The molecule has 0 unspecified atom stereocenters. The lowest BCUT2D eigenvalue weighted by atomic mass is 10.4. The highest BCUT2D eigenvalue weighted by molar-refractivity contribution is 5.80. The quantitative estimate of drug-likeness (QED) is 0.738. The van der Waals surface area contributed by atoms with Gasteiger partial charge in [-0.3, -0.25) is 4.79 Å². The Morgan fingerprint density at radius 1 is 1.30 bits per heavy atom. The van der Waals surface area contributed by atoms with Gasteiger partial charge in [0.25, 0.3) is 0 Å². The standard InChI is InChI=1S/C13H23N5O2/c1-5-18(6-2)13(19)8-15-11-7-10(14-3)16-12(17-11)9-20-4/h7H,5-6,8-9H2,1-4H3,(H2,14,15,16,17). The van der Waals surface area contributed by atoms with E-state index in [0.717, 1.165) is 0 Å². The van der Waals surface area contributed by atoms with Gasteiger partial charge in [0.2, 0.25) is 5.91 Å². The van der Waals surface area contributed by atoms with E-state index in [2.05, 4.69) is 20.6 Å². The maximum atomic E-state index is 11.9. The monoisotopic (exact) mass is 281 g/mol. The molecule has 0 saturated heterocycles. The van der Waals surface area contributed by atoms with E-state index in [1.54, 1.807) is 25.1 Å². The van der Waals surface area contributed by atoms with Crippen LogP contribution in [0.4, 0.5) is 11.6 Å². The second-order valence-electron chi connectivity index (χ2n) is 4.16. The number of anilines is 2. The summed E-state index contributed by atoms with van der Waals surface area (Å²) >= 11 is 0. The molecule has 1 heterocycles. The molecule has 0 aromatic carbocycles. The molecule has 0 saturated carbocycles. The lowest BCUT2D eigenvalue weighted by Crippen LogP contribution is -2.35. The van der Waals surface area contributed by atoms with Gasteiger partial charge in [0.1, 0.15) is 18.2 Å². The van der Waals surface area contributed by atoms with Crippen molar-refractivity contribution in [2.24, 2.45) is 0 Å². The fourth-order valence-corrected chi connectivity index (χ4v) is 1.76. The number of methoxy groups -OCH3 is 1. The number of hydrogen-bond acceptors (Lipinski definition) is 6. The van der Waals surface area contributed by atoms with Crippen molar-refractivity contribution in [2.45, 2.75) is 20.5 Å².